The maximum absolute atomic E-state index is 11.6. The summed E-state index contributed by atoms with van der Waals surface area (Å²) in [5, 5.41) is 3.20. The summed E-state index contributed by atoms with van der Waals surface area (Å²) < 4.78 is 4.84. The highest BCUT2D eigenvalue weighted by atomic mass is 16.5. The standard InChI is InChI=1S/C14H29N3O2/c1-5-12-11-17(10-9-16(12)3)8-7-13(15-6-2)14(18)19-4/h12-13,15H,5-11H2,1-4H3. The second-order valence-electron chi connectivity index (χ2n) is 5.27. The van der Waals surface area contributed by atoms with E-state index in [-0.39, 0.29) is 12.0 Å². The third-order valence-corrected chi connectivity index (χ3v) is 4.00. The van der Waals surface area contributed by atoms with Crippen LogP contribution >= 0.6 is 0 Å². The Morgan fingerprint density at radius 3 is 2.74 bits per heavy atom. The third-order valence-electron chi connectivity index (χ3n) is 4.00. The highest BCUT2D eigenvalue weighted by Crippen LogP contribution is 2.11. The molecule has 1 heterocycles. The Kier molecular flexibility index (Phi) is 7.34. The third kappa shape index (κ3) is 5.09. The summed E-state index contributed by atoms with van der Waals surface area (Å²) >= 11 is 0. The average Bonchev–Trinajstić information content (AvgIpc) is 2.44. The van der Waals surface area contributed by atoms with Crippen molar-refractivity contribution in [2.24, 2.45) is 0 Å². The number of piperazine rings is 1. The van der Waals surface area contributed by atoms with Gasteiger partial charge < -0.3 is 19.9 Å². The van der Waals surface area contributed by atoms with Crippen LogP contribution in [0.5, 0.6) is 0 Å². The van der Waals surface area contributed by atoms with Gasteiger partial charge in [0.05, 0.1) is 7.11 Å². The largest absolute Gasteiger partial charge is 0.468 e. The molecule has 1 saturated heterocycles. The molecule has 0 aromatic rings. The van der Waals surface area contributed by atoms with Crippen LogP contribution in [-0.2, 0) is 9.53 Å². The fourth-order valence-corrected chi connectivity index (χ4v) is 2.66. The maximum Gasteiger partial charge on any atom is 0.322 e. The van der Waals surface area contributed by atoms with E-state index in [1.54, 1.807) is 0 Å². The van der Waals surface area contributed by atoms with Gasteiger partial charge in [-0.15, -0.1) is 0 Å². The number of rotatable bonds is 7. The second-order valence-corrected chi connectivity index (χ2v) is 5.27. The van der Waals surface area contributed by atoms with E-state index in [4.69, 9.17) is 4.74 Å². The first kappa shape index (κ1) is 16.4. The first-order valence-electron chi connectivity index (χ1n) is 7.36. The highest BCUT2D eigenvalue weighted by Gasteiger charge is 2.24. The van der Waals surface area contributed by atoms with Gasteiger partial charge in [0.25, 0.3) is 0 Å². The smallest absolute Gasteiger partial charge is 0.322 e. The van der Waals surface area contributed by atoms with Gasteiger partial charge >= 0.3 is 5.97 Å². The molecular weight excluding hydrogens is 242 g/mol. The summed E-state index contributed by atoms with van der Waals surface area (Å²) in [6.45, 7) is 9.30. The van der Waals surface area contributed by atoms with E-state index in [1.807, 2.05) is 6.92 Å². The molecule has 0 bridgehead atoms. The Balaban J connectivity index is 2.39. The monoisotopic (exact) mass is 271 g/mol. The van der Waals surface area contributed by atoms with Crippen LogP contribution in [0.15, 0.2) is 0 Å². The molecule has 5 nitrogen and oxygen atoms in total. The molecule has 1 fully saturated rings. The van der Waals surface area contributed by atoms with Gasteiger partial charge in [-0.25, -0.2) is 0 Å². The van der Waals surface area contributed by atoms with Gasteiger partial charge in [0.15, 0.2) is 0 Å². The van der Waals surface area contributed by atoms with Crippen LogP contribution in [0.1, 0.15) is 26.7 Å². The quantitative estimate of drug-likeness (QED) is 0.685. The molecule has 1 N–H and O–H groups in total. The fraction of sp³-hybridized carbons (Fsp3) is 0.929. The molecule has 0 radical (unpaired) electrons. The Bertz CT molecular complexity index is 273. The molecule has 0 spiro atoms. The zero-order valence-corrected chi connectivity index (χ0v) is 12.8. The number of nitrogens with one attached hydrogen (secondary N) is 1. The number of carbonyl (C=O) groups excluding carboxylic acids is 1. The number of hydrogen-bond acceptors (Lipinski definition) is 5. The van der Waals surface area contributed by atoms with Crippen molar-refractivity contribution < 1.29 is 9.53 Å². The van der Waals surface area contributed by atoms with Crippen LogP contribution in [0.2, 0.25) is 0 Å². The average molecular weight is 271 g/mol. The van der Waals surface area contributed by atoms with Gasteiger partial charge in [-0.05, 0) is 26.4 Å². The topological polar surface area (TPSA) is 44.8 Å². The lowest BCUT2D eigenvalue weighted by Crippen LogP contribution is -2.52. The number of carbonyl (C=O) groups is 1. The number of likely N-dealkylation sites (N-methyl/N-ethyl adjacent to an activating group) is 2. The zero-order chi connectivity index (χ0) is 14.3. The van der Waals surface area contributed by atoms with Crippen molar-refractivity contribution in [3.8, 4) is 0 Å². The minimum Gasteiger partial charge on any atom is -0.468 e. The highest BCUT2D eigenvalue weighted by molar-refractivity contribution is 5.75. The summed E-state index contributed by atoms with van der Waals surface area (Å²) in [4.78, 5) is 16.5. The van der Waals surface area contributed by atoms with E-state index in [9.17, 15) is 4.79 Å². The van der Waals surface area contributed by atoms with E-state index < -0.39 is 0 Å². The lowest BCUT2D eigenvalue weighted by molar-refractivity contribution is -0.143. The van der Waals surface area contributed by atoms with Crippen molar-refractivity contribution in [1.82, 2.24) is 15.1 Å². The Hall–Kier alpha value is -0.650. The van der Waals surface area contributed by atoms with Crippen molar-refractivity contribution in [3.63, 3.8) is 0 Å². The lowest BCUT2D eigenvalue weighted by Gasteiger charge is -2.39. The number of methoxy groups -OCH3 is 1. The van der Waals surface area contributed by atoms with E-state index in [0.29, 0.717) is 6.04 Å². The van der Waals surface area contributed by atoms with Crippen LogP contribution in [-0.4, -0.2) is 74.7 Å². The molecule has 0 amide bonds. The lowest BCUT2D eigenvalue weighted by atomic mass is 10.1. The van der Waals surface area contributed by atoms with Gasteiger partial charge in [0.1, 0.15) is 6.04 Å². The van der Waals surface area contributed by atoms with Crippen LogP contribution in [0.3, 0.4) is 0 Å². The van der Waals surface area contributed by atoms with E-state index >= 15 is 0 Å². The van der Waals surface area contributed by atoms with Crippen LogP contribution in [0, 0.1) is 0 Å². The van der Waals surface area contributed by atoms with Gasteiger partial charge in [-0.3, -0.25) is 4.79 Å². The second kappa shape index (κ2) is 8.51. The number of esters is 1. The first-order chi connectivity index (χ1) is 9.12. The Morgan fingerprint density at radius 1 is 1.42 bits per heavy atom. The predicted molar refractivity (Wildman–Crippen MR) is 77.2 cm³/mol. The molecule has 1 aliphatic heterocycles. The predicted octanol–water partition coefficient (Wildman–Crippen LogP) is 0.554. The molecular formula is C14H29N3O2. The van der Waals surface area contributed by atoms with Gasteiger partial charge in [-0.2, -0.15) is 0 Å². The van der Waals surface area contributed by atoms with Crippen molar-refractivity contribution in [2.45, 2.75) is 38.8 Å². The molecule has 2 unspecified atom stereocenters. The molecule has 1 rings (SSSR count). The zero-order valence-electron chi connectivity index (χ0n) is 12.8. The van der Waals surface area contributed by atoms with Crippen molar-refractivity contribution >= 4 is 5.97 Å². The fourth-order valence-electron chi connectivity index (χ4n) is 2.66. The molecule has 0 aliphatic carbocycles. The van der Waals surface area contributed by atoms with Gasteiger partial charge in [0.2, 0.25) is 0 Å². The van der Waals surface area contributed by atoms with E-state index in [0.717, 1.165) is 39.1 Å². The number of hydrogen-bond donors (Lipinski definition) is 1. The summed E-state index contributed by atoms with van der Waals surface area (Å²) in [6.07, 6.45) is 2.00. The molecule has 0 aromatic heterocycles. The molecule has 1 aliphatic rings. The van der Waals surface area contributed by atoms with Gasteiger partial charge in [-0.1, -0.05) is 13.8 Å². The van der Waals surface area contributed by atoms with Crippen molar-refractivity contribution in [3.05, 3.63) is 0 Å². The Morgan fingerprint density at radius 2 is 2.16 bits per heavy atom. The van der Waals surface area contributed by atoms with E-state index in [1.165, 1.54) is 13.5 Å². The summed E-state index contributed by atoms with van der Waals surface area (Å²) in [5.41, 5.74) is 0. The van der Waals surface area contributed by atoms with Gasteiger partial charge in [0, 0.05) is 32.2 Å². The normalized spacial score (nSPS) is 23.3. The van der Waals surface area contributed by atoms with Crippen molar-refractivity contribution in [2.75, 3.05) is 46.9 Å². The van der Waals surface area contributed by atoms with Crippen molar-refractivity contribution in [1.29, 1.82) is 0 Å². The van der Waals surface area contributed by atoms with Crippen LogP contribution < -0.4 is 5.32 Å². The van der Waals surface area contributed by atoms with Crippen LogP contribution in [0.25, 0.3) is 0 Å². The SMILES string of the molecule is CCNC(CCN1CCN(C)C(CC)C1)C(=O)OC. The van der Waals surface area contributed by atoms with Crippen LogP contribution in [0.4, 0.5) is 0 Å². The molecule has 112 valence electrons. The molecule has 19 heavy (non-hydrogen) atoms. The molecule has 2 atom stereocenters. The molecule has 5 heteroatoms. The summed E-state index contributed by atoms with van der Waals surface area (Å²) in [7, 11) is 3.65. The summed E-state index contributed by atoms with van der Waals surface area (Å²) in [6, 6.07) is 0.471. The maximum atomic E-state index is 11.6. The Labute approximate surface area is 117 Å². The summed E-state index contributed by atoms with van der Waals surface area (Å²) in [5.74, 6) is -0.150. The minimum absolute atomic E-state index is 0.150. The number of ether oxygens (including phenoxy) is 1. The molecule has 0 aromatic carbocycles. The van der Waals surface area contributed by atoms with E-state index in [2.05, 4.69) is 29.1 Å². The minimum atomic E-state index is -0.172. The first-order valence-corrected chi connectivity index (χ1v) is 7.36. The number of nitrogens with zero attached hydrogens (tertiary/aromatic N) is 2. The molecule has 0 saturated carbocycles.